The predicted molar refractivity (Wildman–Crippen MR) is 151 cm³/mol. The van der Waals surface area contributed by atoms with Crippen LogP contribution in [0.5, 0.6) is 0 Å². The Kier molecular flexibility index (Phi) is 5.99. The van der Waals surface area contributed by atoms with Crippen LogP contribution in [0.2, 0.25) is 0 Å². The summed E-state index contributed by atoms with van der Waals surface area (Å²) in [5.74, 6) is 1.22. The topological polar surface area (TPSA) is 82.2 Å². The number of carbonyl (C=O) groups excluding carboxylic acids is 3. The molecule has 5 aliphatic carbocycles. The van der Waals surface area contributed by atoms with Gasteiger partial charge in [-0.15, -0.1) is 0 Å². The van der Waals surface area contributed by atoms with Gasteiger partial charge in [0, 0.05) is 31.1 Å². The van der Waals surface area contributed by atoms with Crippen LogP contribution in [0.1, 0.15) is 120 Å². The molecule has 6 fully saturated rings. The molecule has 1 heterocycles. The summed E-state index contributed by atoms with van der Waals surface area (Å²) >= 11 is 0. The molecule has 0 aromatic carbocycles. The molecule has 224 valence electrons. The van der Waals surface area contributed by atoms with Gasteiger partial charge in [0.05, 0.1) is 0 Å². The van der Waals surface area contributed by atoms with Gasteiger partial charge in [-0.25, -0.2) is 0 Å². The van der Waals surface area contributed by atoms with Crippen LogP contribution < -0.4 is 0 Å². The third kappa shape index (κ3) is 3.08. The lowest BCUT2D eigenvalue weighted by atomic mass is 9.32. The van der Waals surface area contributed by atoms with Gasteiger partial charge in [0.2, 0.25) is 0 Å². The van der Waals surface area contributed by atoms with E-state index in [-0.39, 0.29) is 57.3 Å². The molecule has 0 radical (unpaired) electrons. The smallest absolute Gasteiger partial charge is 0.302 e. The molecule has 6 heteroatoms. The van der Waals surface area contributed by atoms with Crippen LogP contribution in [0.3, 0.4) is 0 Å². The van der Waals surface area contributed by atoms with E-state index in [1.54, 1.807) is 6.92 Å². The lowest BCUT2D eigenvalue weighted by Gasteiger charge is -2.72. The monoisotopic (exact) mass is 556 g/mol. The summed E-state index contributed by atoms with van der Waals surface area (Å²) in [5.41, 5.74) is -1.43. The molecule has 6 nitrogen and oxygen atoms in total. The van der Waals surface area contributed by atoms with Crippen molar-refractivity contribution in [2.45, 2.75) is 137 Å². The maximum atomic E-state index is 13.8. The van der Waals surface area contributed by atoms with Crippen LogP contribution in [0.4, 0.5) is 0 Å². The Bertz CT molecular complexity index is 1140. The summed E-state index contributed by atoms with van der Waals surface area (Å²) in [6.07, 6.45) is 8.85. The highest BCUT2D eigenvalue weighted by Gasteiger charge is 2.92. The van der Waals surface area contributed by atoms with E-state index in [1.807, 2.05) is 0 Å². The van der Waals surface area contributed by atoms with Gasteiger partial charge >= 0.3 is 11.9 Å². The van der Waals surface area contributed by atoms with E-state index in [9.17, 15) is 14.4 Å². The average Bonchev–Trinajstić information content (AvgIpc) is 3.50. The molecule has 0 bridgehead atoms. The number of Topliss-reactive ketones (excluding diaryl/α,β-unsaturated/α-hetero) is 1. The Labute approximate surface area is 241 Å². The van der Waals surface area contributed by atoms with Gasteiger partial charge in [-0.3, -0.25) is 14.4 Å². The molecule has 0 aromatic rings. The predicted octanol–water partition coefficient (Wildman–Crippen LogP) is 6.67. The second-order valence-electron chi connectivity index (χ2n) is 16.5. The molecule has 10 atom stereocenters. The van der Waals surface area contributed by atoms with E-state index in [1.165, 1.54) is 6.92 Å². The van der Waals surface area contributed by atoms with Crippen LogP contribution in [0.25, 0.3) is 0 Å². The van der Waals surface area contributed by atoms with Crippen LogP contribution in [-0.2, 0) is 28.6 Å². The number of fused-ring (bicyclic) bond motifs is 5. The zero-order valence-corrected chi connectivity index (χ0v) is 26.4. The van der Waals surface area contributed by atoms with Gasteiger partial charge < -0.3 is 14.2 Å². The van der Waals surface area contributed by atoms with Crippen molar-refractivity contribution in [2.75, 3.05) is 6.61 Å². The highest BCUT2D eigenvalue weighted by Crippen LogP contribution is 2.84. The van der Waals surface area contributed by atoms with E-state index in [4.69, 9.17) is 14.2 Å². The Morgan fingerprint density at radius 3 is 2.10 bits per heavy atom. The molecule has 1 spiro atoms. The molecule has 0 N–H and O–H groups in total. The highest BCUT2D eigenvalue weighted by molar-refractivity contribution is 5.97. The van der Waals surface area contributed by atoms with Crippen molar-refractivity contribution in [3.63, 3.8) is 0 Å². The number of ether oxygens (including phenoxy) is 3. The second-order valence-corrected chi connectivity index (χ2v) is 16.5. The quantitative estimate of drug-likeness (QED) is 0.284. The Morgan fingerprint density at radius 1 is 0.850 bits per heavy atom. The number of esters is 2. The van der Waals surface area contributed by atoms with Crippen molar-refractivity contribution in [3.8, 4) is 0 Å². The highest BCUT2D eigenvalue weighted by atomic mass is 16.6. The third-order valence-corrected chi connectivity index (χ3v) is 14.6. The zero-order valence-electron chi connectivity index (χ0n) is 26.4. The van der Waals surface area contributed by atoms with Crippen molar-refractivity contribution >= 4 is 17.7 Å². The van der Waals surface area contributed by atoms with E-state index in [0.717, 1.165) is 51.4 Å². The minimum Gasteiger partial charge on any atom is -0.465 e. The second kappa shape index (κ2) is 8.35. The van der Waals surface area contributed by atoms with Gasteiger partial charge in [0.15, 0.2) is 11.4 Å². The van der Waals surface area contributed by atoms with Crippen LogP contribution in [0.15, 0.2) is 0 Å². The molecule has 6 rings (SSSR count). The van der Waals surface area contributed by atoms with E-state index >= 15 is 0 Å². The van der Waals surface area contributed by atoms with Crippen molar-refractivity contribution in [1.82, 2.24) is 0 Å². The summed E-state index contributed by atoms with van der Waals surface area (Å²) in [4.78, 5) is 37.8. The minimum atomic E-state index is -0.742. The fraction of sp³-hybridized carbons (Fsp3) is 0.912. The first-order valence-corrected chi connectivity index (χ1v) is 16.0. The first kappa shape index (κ1) is 28.7. The van der Waals surface area contributed by atoms with E-state index in [0.29, 0.717) is 24.9 Å². The minimum absolute atomic E-state index is 0.0224. The van der Waals surface area contributed by atoms with Crippen LogP contribution in [-0.4, -0.2) is 41.6 Å². The largest absolute Gasteiger partial charge is 0.465 e. The van der Waals surface area contributed by atoms with Crippen molar-refractivity contribution in [2.24, 2.45) is 50.7 Å². The fourth-order valence-electron chi connectivity index (χ4n) is 12.8. The molecular weight excluding hydrogens is 504 g/mol. The number of ketones is 1. The molecule has 40 heavy (non-hydrogen) atoms. The Balaban J connectivity index is 1.39. The van der Waals surface area contributed by atoms with Crippen molar-refractivity contribution in [1.29, 1.82) is 0 Å². The fourth-order valence-corrected chi connectivity index (χ4v) is 12.8. The molecular formula is C34H52O6. The Hall–Kier alpha value is -1.43. The first-order chi connectivity index (χ1) is 18.5. The number of hydrogen-bond donors (Lipinski definition) is 0. The van der Waals surface area contributed by atoms with Crippen LogP contribution >= 0.6 is 0 Å². The van der Waals surface area contributed by atoms with Gasteiger partial charge in [0.1, 0.15) is 18.3 Å². The molecule has 6 aliphatic rings. The van der Waals surface area contributed by atoms with Gasteiger partial charge in [-0.2, -0.15) is 0 Å². The number of rotatable bonds is 4. The normalized spacial score (nSPS) is 52.0. The van der Waals surface area contributed by atoms with Gasteiger partial charge in [0.25, 0.3) is 0 Å². The van der Waals surface area contributed by atoms with E-state index < -0.39 is 16.6 Å². The maximum Gasteiger partial charge on any atom is 0.302 e. The molecule has 1 aliphatic heterocycles. The standard InChI is InChI=1S/C34H52O6/c1-20(2)33-26(37)18-32(19-38-21(3)35)17-16-31(9)25(34(32,33)40-33)11-10-24-29(7)14-13-27(39-22(4)36)28(5,6)23(29)12-15-30(24,31)8/h20,23-25,27H,10-19H2,1-9H3/t23-,24+,25-,27-,29-,30+,31+,32-,33-,34+/m0/s1. The van der Waals surface area contributed by atoms with Crippen molar-refractivity contribution < 1.29 is 28.6 Å². The zero-order chi connectivity index (χ0) is 29.3. The van der Waals surface area contributed by atoms with Crippen molar-refractivity contribution in [3.05, 3.63) is 0 Å². The molecule has 0 aromatic heterocycles. The molecule has 0 amide bonds. The summed E-state index contributed by atoms with van der Waals surface area (Å²) in [5, 5.41) is 0. The summed E-state index contributed by atoms with van der Waals surface area (Å²) in [6.45, 7) is 19.9. The molecule has 1 saturated heterocycles. The summed E-state index contributed by atoms with van der Waals surface area (Å²) in [7, 11) is 0. The maximum absolute atomic E-state index is 13.8. The lowest BCUT2D eigenvalue weighted by Crippen LogP contribution is -2.69. The summed E-state index contributed by atoms with van der Waals surface area (Å²) in [6, 6.07) is 0. The molecule has 5 saturated carbocycles. The number of hydrogen-bond acceptors (Lipinski definition) is 6. The third-order valence-electron chi connectivity index (χ3n) is 14.6. The summed E-state index contributed by atoms with van der Waals surface area (Å²) < 4.78 is 18.6. The van der Waals surface area contributed by atoms with Gasteiger partial charge in [-0.1, -0.05) is 48.5 Å². The molecule has 0 unspecified atom stereocenters. The first-order valence-electron chi connectivity index (χ1n) is 16.0. The Morgan fingerprint density at radius 2 is 1.50 bits per heavy atom. The number of epoxide rings is 1. The lowest BCUT2D eigenvalue weighted by molar-refractivity contribution is -0.254. The van der Waals surface area contributed by atoms with Gasteiger partial charge in [-0.05, 0) is 91.3 Å². The van der Waals surface area contributed by atoms with Crippen LogP contribution in [0, 0.1) is 50.7 Å². The average molecular weight is 557 g/mol. The SMILES string of the molecule is CC(=O)OC[C@@]12CC[C@]3(C)[C@H](CC[C@@H]4[C@@]5(C)CC[C@H](OC(C)=O)C(C)(C)[C@@H]5CC[C@]43C)[C@@]13O[C@@]3(C(C)C)C(=O)C2. The van der Waals surface area contributed by atoms with E-state index in [2.05, 4.69) is 48.5 Å². The number of carbonyl (C=O) groups is 3.